The third-order valence-corrected chi connectivity index (χ3v) is 3.32. The predicted molar refractivity (Wildman–Crippen MR) is 87.3 cm³/mol. The van der Waals surface area contributed by atoms with Gasteiger partial charge in [0.2, 0.25) is 5.91 Å². The van der Waals surface area contributed by atoms with E-state index < -0.39 is 0 Å². The Bertz CT molecular complexity index is 819. The number of benzene rings is 1. The quantitative estimate of drug-likeness (QED) is 0.751. The standard InChI is InChI=1S/C18H17N3O/c1-14-7-9-17-20-16(13-21(17)12-14)11-19-18(22)10-8-15-5-3-2-4-6-15/h2-10,12-13H,11H2,1H3,(H,19,22)/b10-8+. The molecule has 0 saturated carbocycles. The Kier molecular flexibility index (Phi) is 4.01. The average molecular weight is 291 g/mol. The molecule has 3 rings (SSSR count). The van der Waals surface area contributed by atoms with Gasteiger partial charge in [0.05, 0.1) is 12.2 Å². The number of aryl methyl sites for hydroxylation is 1. The first-order valence-electron chi connectivity index (χ1n) is 7.16. The fraction of sp³-hybridized carbons (Fsp3) is 0.111. The summed E-state index contributed by atoms with van der Waals surface area (Å²) < 4.78 is 1.97. The number of carbonyl (C=O) groups excluding carboxylic acids is 1. The first-order valence-corrected chi connectivity index (χ1v) is 7.16. The molecule has 0 radical (unpaired) electrons. The van der Waals surface area contributed by atoms with Crippen LogP contribution in [0.2, 0.25) is 0 Å². The summed E-state index contributed by atoms with van der Waals surface area (Å²) in [4.78, 5) is 16.3. The van der Waals surface area contributed by atoms with E-state index in [0.717, 1.165) is 16.9 Å². The van der Waals surface area contributed by atoms with Crippen molar-refractivity contribution in [2.45, 2.75) is 13.5 Å². The highest BCUT2D eigenvalue weighted by atomic mass is 16.1. The second-order valence-corrected chi connectivity index (χ2v) is 5.17. The van der Waals surface area contributed by atoms with Crippen molar-refractivity contribution in [3.63, 3.8) is 0 Å². The van der Waals surface area contributed by atoms with E-state index in [2.05, 4.69) is 10.3 Å². The van der Waals surface area contributed by atoms with Crippen LogP contribution in [-0.2, 0) is 11.3 Å². The lowest BCUT2D eigenvalue weighted by Gasteiger charge is -1.98. The zero-order valence-corrected chi connectivity index (χ0v) is 12.4. The molecule has 110 valence electrons. The maximum absolute atomic E-state index is 11.8. The van der Waals surface area contributed by atoms with Crippen LogP contribution in [0, 0.1) is 6.92 Å². The molecule has 4 heteroatoms. The molecule has 0 saturated heterocycles. The maximum atomic E-state index is 11.8. The number of carbonyl (C=O) groups is 1. The van der Waals surface area contributed by atoms with Gasteiger partial charge in [-0.3, -0.25) is 4.79 Å². The average Bonchev–Trinajstić information content (AvgIpc) is 2.94. The smallest absolute Gasteiger partial charge is 0.244 e. The van der Waals surface area contributed by atoms with Crippen LogP contribution < -0.4 is 5.32 Å². The van der Waals surface area contributed by atoms with Gasteiger partial charge in [-0.15, -0.1) is 0 Å². The van der Waals surface area contributed by atoms with Gasteiger partial charge in [-0.1, -0.05) is 36.4 Å². The molecule has 3 aromatic rings. The fourth-order valence-corrected chi connectivity index (χ4v) is 2.21. The van der Waals surface area contributed by atoms with Crippen LogP contribution in [0.1, 0.15) is 16.8 Å². The van der Waals surface area contributed by atoms with E-state index in [0.29, 0.717) is 6.54 Å². The van der Waals surface area contributed by atoms with E-state index in [4.69, 9.17) is 0 Å². The Hall–Kier alpha value is -2.88. The van der Waals surface area contributed by atoms with Gasteiger partial charge in [-0.05, 0) is 30.2 Å². The molecule has 0 fully saturated rings. The van der Waals surface area contributed by atoms with Gasteiger partial charge < -0.3 is 9.72 Å². The van der Waals surface area contributed by atoms with E-state index in [1.54, 1.807) is 6.08 Å². The van der Waals surface area contributed by atoms with Gasteiger partial charge in [0.15, 0.2) is 0 Å². The molecule has 0 atom stereocenters. The Morgan fingerprint density at radius 3 is 2.82 bits per heavy atom. The van der Waals surface area contributed by atoms with Crippen LogP contribution in [-0.4, -0.2) is 15.3 Å². The minimum Gasteiger partial charge on any atom is -0.347 e. The van der Waals surface area contributed by atoms with Crippen LogP contribution in [0.15, 0.2) is 60.9 Å². The van der Waals surface area contributed by atoms with Crippen molar-refractivity contribution in [1.29, 1.82) is 0 Å². The number of pyridine rings is 1. The molecule has 1 amide bonds. The van der Waals surface area contributed by atoms with E-state index >= 15 is 0 Å². The van der Waals surface area contributed by atoms with Crippen LogP contribution >= 0.6 is 0 Å². The Morgan fingerprint density at radius 2 is 2.00 bits per heavy atom. The summed E-state index contributed by atoms with van der Waals surface area (Å²) >= 11 is 0. The second-order valence-electron chi connectivity index (χ2n) is 5.17. The molecule has 1 N–H and O–H groups in total. The van der Waals surface area contributed by atoms with Crippen molar-refractivity contribution in [2.24, 2.45) is 0 Å². The number of hydrogen-bond donors (Lipinski definition) is 1. The molecule has 0 aliphatic heterocycles. The van der Waals surface area contributed by atoms with Gasteiger partial charge >= 0.3 is 0 Å². The molecule has 2 aromatic heterocycles. The highest BCUT2D eigenvalue weighted by Crippen LogP contribution is 2.07. The summed E-state index contributed by atoms with van der Waals surface area (Å²) in [5.74, 6) is -0.128. The minimum absolute atomic E-state index is 0.128. The lowest BCUT2D eigenvalue weighted by molar-refractivity contribution is -0.116. The lowest BCUT2D eigenvalue weighted by Crippen LogP contribution is -2.20. The maximum Gasteiger partial charge on any atom is 0.244 e. The lowest BCUT2D eigenvalue weighted by atomic mass is 10.2. The highest BCUT2D eigenvalue weighted by Gasteiger charge is 2.03. The van der Waals surface area contributed by atoms with Gasteiger partial charge in [0, 0.05) is 18.5 Å². The zero-order valence-electron chi connectivity index (χ0n) is 12.4. The number of amides is 1. The Labute approximate surface area is 129 Å². The normalized spacial score (nSPS) is 11.1. The molecule has 22 heavy (non-hydrogen) atoms. The molecule has 2 heterocycles. The van der Waals surface area contributed by atoms with Crippen molar-refractivity contribution in [2.75, 3.05) is 0 Å². The van der Waals surface area contributed by atoms with Crippen LogP contribution in [0.5, 0.6) is 0 Å². The third kappa shape index (κ3) is 3.41. The number of imidazole rings is 1. The first kappa shape index (κ1) is 14.1. The van der Waals surface area contributed by atoms with E-state index in [1.807, 2.05) is 66.2 Å². The molecule has 4 nitrogen and oxygen atoms in total. The zero-order chi connectivity index (χ0) is 15.4. The number of fused-ring (bicyclic) bond motifs is 1. The van der Waals surface area contributed by atoms with Crippen molar-refractivity contribution in [1.82, 2.24) is 14.7 Å². The summed E-state index contributed by atoms with van der Waals surface area (Å²) in [7, 11) is 0. The first-order chi connectivity index (χ1) is 10.7. The van der Waals surface area contributed by atoms with Gasteiger partial charge in [0.1, 0.15) is 5.65 Å². The van der Waals surface area contributed by atoms with Crippen molar-refractivity contribution >= 4 is 17.6 Å². The van der Waals surface area contributed by atoms with Crippen molar-refractivity contribution in [3.8, 4) is 0 Å². The molecule has 0 aliphatic rings. The largest absolute Gasteiger partial charge is 0.347 e. The van der Waals surface area contributed by atoms with Crippen LogP contribution in [0.4, 0.5) is 0 Å². The monoisotopic (exact) mass is 291 g/mol. The van der Waals surface area contributed by atoms with Crippen LogP contribution in [0.25, 0.3) is 11.7 Å². The number of nitrogens with one attached hydrogen (secondary N) is 1. The molecule has 0 unspecified atom stereocenters. The molecule has 1 aromatic carbocycles. The van der Waals surface area contributed by atoms with Crippen molar-refractivity contribution < 1.29 is 4.79 Å². The third-order valence-electron chi connectivity index (χ3n) is 3.32. The molecular formula is C18H17N3O. The van der Waals surface area contributed by atoms with E-state index in [-0.39, 0.29) is 5.91 Å². The topological polar surface area (TPSA) is 46.4 Å². The van der Waals surface area contributed by atoms with E-state index in [1.165, 1.54) is 11.6 Å². The summed E-state index contributed by atoms with van der Waals surface area (Å²) in [6, 6.07) is 13.7. The van der Waals surface area contributed by atoms with Gasteiger partial charge in [0.25, 0.3) is 0 Å². The molecular weight excluding hydrogens is 274 g/mol. The Balaban J connectivity index is 1.61. The van der Waals surface area contributed by atoms with E-state index in [9.17, 15) is 4.79 Å². The SMILES string of the molecule is Cc1ccc2nc(CNC(=O)/C=C/c3ccccc3)cn2c1. The summed E-state index contributed by atoms with van der Waals surface area (Å²) in [6.45, 7) is 2.45. The fourth-order valence-electron chi connectivity index (χ4n) is 2.21. The summed E-state index contributed by atoms with van der Waals surface area (Å²) in [6.07, 6.45) is 7.28. The van der Waals surface area contributed by atoms with Crippen molar-refractivity contribution in [3.05, 3.63) is 77.8 Å². The molecule has 0 bridgehead atoms. The van der Waals surface area contributed by atoms with Gasteiger partial charge in [-0.25, -0.2) is 4.98 Å². The summed E-state index contributed by atoms with van der Waals surface area (Å²) in [5, 5.41) is 2.84. The second kappa shape index (κ2) is 6.26. The number of rotatable bonds is 4. The van der Waals surface area contributed by atoms with Crippen LogP contribution in [0.3, 0.4) is 0 Å². The Morgan fingerprint density at radius 1 is 1.18 bits per heavy atom. The highest BCUT2D eigenvalue weighted by molar-refractivity contribution is 5.91. The molecule has 0 spiro atoms. The predicted octanol–water partition coefficient (Wildman–Crippen LogP) is 2.97. The van der Waals surface area contributed by atoms with Gasteiger partial charge in [-0.2, -0.15) is 0 Å². The number of aromatic nitrogens is 2. The summed E-state index contributed by atoms with van der Waals surface area (Å²) in [5.41, 5.74) is 3.90. The minimum atomic E-state index is -0.128. The molecule has 0 aliphatic carbocycles. The number of hydrogen-bond acceptors (Lipinski definition) is 2. The number of nitrogens with zero attached hydrogens (tertiary/aromatic N) is 2.